The van der Waals surface area contributed by atoms with Crippen molar-refractivity contribution < 1.29 is 19.1 Å². The Morgan fingerprint density at radius 1 is 1.27 bits per heavy atom. The van der Waals surface area contributed by atoms with Crippen LogP contribution < -0.4 is 15.0 Å². The molecule has 2 amide bonds. The molecule has 1 aliphatic heterocycles. The van der Waals surface area contributed by atoms with Gasteiger partial charge in [-0.05, 0) is 50.2 Å². The zero-order valence-electron chi connectivity index (χ0n) is 14.5. The maximum Gasteiger partial charge on any atom is 0.414 e. The van der Waals surface area contributed by atoms with Gasteiger partial charge >= 0.3 is 6.09 Å². The van der Waals surface area contributed by atoms with E-state index in [9.17, 15) is 9.59 Å². The molecule has 26 heavy (non-hydrogen) atoms. The molecule has 0 aromatic heterocycles. The van der Waals surface area contributed by atoms with Gasteiger partial charge in [0.05, 0.1) is 18.2 Å². The summed E-state index contributed by atoms with van der Waals surface area (Å²) in [4.78, 5) is 25.9. The van der Waals surface area contributed by atoms with Crippen LogP contribution in [0.4, 0.5) is 16.2 Å². The third-order valence-corrected chi connectivity index (χ3v) is 3.96. The van der Waals surface area contributed by atoms with Crippen LogP contribution in [0, 0.1) is 0 Å². The highest BCUT2D eigenvalue weighted by atomic mass is 35.5. The average molecular weight is 375 g/mol. The number of cyclic esters (lactones) is 1. The third kappa shape index (κ3) is 4.08. The van der Waals surface area contributed by atoms with Crippen LogP contribution in [-0.2, 0) is 4.74 Å². The zero-order valence-corrected chi connectivity index (χ0v) is 15.2. The average Bonchev–Trinajstić information content (AvgIpc) is 3.02. The van der Waals surface area contributed by atoms with E-state index < -0.39 is 6.09 Å². The summed E-state index contributed by atoms with van der Waals surface area (Å²) in [6.45, 7) is 4.61. The first-order valence-electron chi connectivity index (χ1n) is 8.26. The molecule has 0 atom stereocenters. The fraction of sp³-hybridized carbons (Fsp3) is 0.263. The number of halogens is 1. The summed E-state index contributed by atoms with van der Waals surface area (Å²) >= 11 is 6.03. The summed E-state index contributed by atoms with van der Waals surface area (Å²) in [5, 5.41) is 3.27. The minimum absolute atomic E-state index is 0.0766. The first-order chi connectivity index (χ1) is 12.4. The van der Waals surface area contributed by atoms with Gasteiger partial charge in [-0.3, -0.25) is 9.69 Å². The van der Waals surface area contributed by atoms with Crippen molar-refractivity contribution in [2.45, 2.75) is 20.0 Å². The number of anilines is 2. The molecule has 1 heterocycles. The first kappa shape index (κ1) is 18.1. The van der Waals surface area contributed by atoms with Gasteiger partial charge in [-0.2, -0.15) is 0 Å². The van der Waals surface area contributed by atoms with Gasteiger partial charge < -0.3 is 14.8 Å². The second-order valence-electron chi connectivity index (χ2n) is 6.08. The Morgan fingerprint density at radius 3 is 2.77 bits per heavy atom. The Bertz CT molecular complexity index is 838. The Kier molecular flexibility index (Phi) is 5.32. The highest BCUT2D eigenvalue weighted by Crippen LogP contribution is 2.27. The highest BCUT2D eigenvalue weighted by Gasteiger charge is 2.24. The molecule has 2 aromatic carbocycles. The molecule has 7 heteroatoms. The number of benzene rings is 2. The predicted molar refractivity (Wildman–Crippen MR) is 100 cm³/mol. The van der Waals surface area contributed by atoms with Crippen molar-refractivity contribution in [2.24, 2.45) is 0 Å². The van der Waals surface area contributed by atoms with E-state index in [0.717, 1.165) is 0 Å². The number of nitrogens with one attached hydrogen (secondary N) is 1. The monoisotopic (exact) mass is 374 g/mol. The quantitative estimate of drug-likeness (QED) is 0.845. The second kappa shape index (κ2) is 7.66. The van der Waals surface area contributed by atoms with Crippen molar-refractivity contribution in [1.29, 1.82) is 0 Å². The van der Waals surface area contributed by atoms with Crippen molar-refractivity contribution in [1.82, 2.24) is 0 Å². The van der Waals surface area contributed by atoms with Crippen LogP contribution in [-0.4, -0.2) is 31.3 Å². The summed E-state index contributed by atoms with van der Waals surface area (Å²) < 4.78 is 10.6. The van der Waals surface area contributed by atoms with Crippen LogP contribution in [0.5, 0.6) is 5.75 Å². The van der Waals surface area contributed by atoms with Crippen LogP contribution >= 0.6 is 11.6 Å². The molecule has 0 bridgehead atoms. The van der Waals surface area contributed by atoms with Crippen LogP contribution in [0.2, 0.25) is 5.02 Å². The fourth-order valence-corrected chi connectivity index (χ4v) is 2.79. The molecule has 3 rings (SSSR count). The Balaban J connectivity index is 1.82. The minimum Gasteiger partial charge on any atom is -0.490 e. The lowest BCUT2D eigenvalue weighted by Gasteiger charge is -2.16. The molecule has 1 fully saturated rings. The predicted octanol–water partition coefficient (Wildman–Crippen LogP) is 4.34. The SMILES string of the molecule is CC(C)Oc1ccc(Cl)cc1C(=O)Nc1cccc(N2CCOC2=O)c1. The van der Waals surface area contributed by atoms with Gasteiger partial charge in [-0.1, -0.05) is 17.7 Å². The van der Waals surface area contributed by atoms with Crippen molar-refractivity contribution in [3.05, 3.63) is 53.1 Å². The molecule has 0 aliphatic carbocycles. The molecule has 1 aliphatic rings. The molecule has 0 radical (unpaired) electrons. The van der Waals surface area contributed by atoms with E-state index >= 15 is 0 Å². The molecule has 1 N–H and O–H groups in total. The topological polar surface area (TPSA) is 67.9 Å². The number of hydrogen-bond donors (Lipinski definition) is 1. The number of ether oxygens (including phenoxy) is 2. The normalized spacial score (nSPS) is 13.7. The van der Waals surface area contributed by atoms with Gasteiger partial charge in [0.2, 0.25) is 0 Å². The number of carbonyl (C=O) groups is 2. The largest absolute Gasteiger partial charge is 0.490 e. The fourth-order valence-electron chi connectivity index (χ4n) is 2.61. The molecular weight excluding hydrogens is 356 g/mol. The van der Waals surface area contributed by atoms with Crippen LogP contribution in [0.25, 0.3) is 0 Å². The van der Waals surface area contributed by atoms with E-state index in [0.29, 0.717) is 40.9 Å². The van der Waals surface area contributed by atoms with Crippen LogP contribution in [0.1, 0.15) is 24.2 Å². The number of carbonyl (C=O) groups excluding carboxylic acids is 2. The summed E-state index contributed by atoms with van der Waals surface area (Å²) in [5.41, 5.74) is 1.56. The van der Waals surface area contributed by atoms with E-state index in [-0.39, 0.29) is 12.0 Å². The van der Waals surface area contributed by atoms with Gasteiger partial charge in [0.15, 0.2) is 0 Å². The Hall–Kier alpha value is -2.73. The van der Waals surface area contributed by atoms with Crippen molar-refractivity contribution in [2.75, 3.05) is 23.4 Å². The maximum absolute atomic E-state index is 12.7. The molecule has 1 saturated heterocycles. The van der Waals surface area contributed by atoms with Crippen LogP contribution in [0.15, 0.2) is 42.5 Å². The summed E-state index contributed by atoms with van der Waals surface area (Å²) in [6, 6.07) is 11.9. The Labute approximate surface area is 156 Å². The van der Waals surface area contributed by atoms with E-state index in [2.05, 4.69) is 5.32 Å². The van der Waals surface area contributed by atoms with Gasteiger partial charge in [0.25, 0.3) is 5.91 Å². The number of nitrogens with zero attached hydrogens (tertiary/aromatic N) is 1. The van der Waals surface area contributed by atoms with Crippen molar-refractivity contribution >= 4 is 35.0 Å². The summed E-state index contributed by atoms with van der Waals surface area (Å²) in [6.07, 6.45) is -0.469. The van der Waals surface area contributed by atoms with Gasteiger partial charge in [-0.25, -0.2) is 4.79 Å². The van der Waals surface area contributed by atoms with E-state index in [1.165, 1.54) is 4.90 Å². The lowest BCUT2D eigenvalue weighted by molar-refractivity contribution is 0.102. The number of amides is 2. The first-order valence-corrected chi connectivity index (χ1v) is 8.64. The number of hydrogen-bond acceptors (Lipinski definition) is 4. The lowest BCUT2D eigenvalue weighted by atomic mass is 10.1. The Morgan fingerprint density at radius 2 is 2.08 bits per heavy atom. The smallest absolute Gasteiger partial charge is 0.414 e. The van der Waals surface area contributed by atoms with Crippen molar-refractivity contribution in [3.8, 4) is 5.75 Å². The molecule has 0 spiro atoms. The van der Waals surface area contributed by atoms with E-state index in [1.807, 2.05) is 13.8 Å². The molecule has 0 unspecified atom stereocenters. The lowest BCUT2D eigenvalue weighted by Crippen LogP contribution is -2.23. The number of rotatable bonds is 5. The van der Waals surface area contributed by atoms with Gasteiger partial charge in [-0.15, -0.1) is 0 Å². The second-order valence-corrected chi connectivity index (χ2v) is 6.51. The molecule has 136 valence electrons. The standard InChI is InChI=1S/C19H19ClN2O4/c1-12(2)26-17-7-6-13(20)10-16(17)18(23)21-14-4-3-5-15(11-14)22-8-9-25-19(22)24/h3-7,10-12H,8-9H2,1-2H3,(H,21,23). The minimum atomic E-state index is -0.393. The zero-order chi connectivity index (χ0) is 18.7. The highest BCUT2D eigenvalue weighted by molar-refractivity contribution is 6.31. The van der Waals surface area contributed by atoms with Crippen LogP contribution in [0.3, 0.4) is 0 Å². The molecule has 2 aromatic rings. The molecular formula is C19H19ClN2O4. The van der Waals surface area contributed by atoms with Gasteiger partial charge in [0, 0.05) is 16.4 Å². The van der Waals surface area contributed by atoms with E-state index in [1.54, 1.807) is 42.5 Å². The molecule has 0 saturated carbocycles. The molecule has 6 nitrogen and oxygen atoms in total. The third-order valence-electron chi connectivity index (χ3n) is 3.73. The van der Waals surface area contributed by atoms with E-state index in [4.69, 9.17) is 21.1 Å². The summed E-state index contributed by atoms with van der Waals surface area (Å²) in [7, 11) is 0. The van der Waals surface area contributed by atoms with Crippen molar-refractivity contribution in [3.63, 3.8) is 0 Å². The summed E-state index contributed by atoms with van der Waals surface area (Å²) in [5.74, 6) is 0.116. The maximum atomic E-state index is 12.7. The van der Waals surface area contributed by atoms with Gasteiger partial charge in [0.1, 0.15) is 12.4 Å².